The predicted octanol–water partition coefficient (Wildman–Crippen LogP) is 2.60. The van der Waals surface area contributed by atoms with Gasteiger partial charge >= 0.3 is 0 Å². The molecular formula is C15H19N5O2. The molecular weight excluding hydrogens is 282 g/mol. The van der Waals surface area contributed by atoms with Gasteiger partial charge in [-0.15, -0.1) is 5.10 Å². The van der Waals surface area contributed by atoms with Gasteiger partial charge in [-0.25, -0.2) is 0 Å². The highest BCUT2D eigenvalue weighted by molar-refractivity contribution is 5.61. The molecule has 2 N–H and O–H groups in total. The lowest BCUT2D eigenvalue weighted by molar-refractivity contribution is 0.171. The number of anilines is 3. The van der Waals surface area contributed by atoms with Gasteiger partial charge in [0.05, 0.1) is 6.20 Å². The number of nitrogens with one attached hydrogen (secondary N) is 2. The molecule has 1 aliphatic heterocycles. The topological polar surface area (TPSA) is 81.2 Å². The van der Waals surface area contributed by atoms with Crippen LogP contribution in [-0.2, 0) is 0 Å². The number of fused-ring (bicyclic) bond motifs is 1. The Kier molecular flexibility index (Phi) is 4.22. The Labute approximate surface area is 129 Å². The molecule has 0 aliphatic carbocycles. The van der Waals surface area contributed by atoms with Crippen LogP contribution < -0.4 is 20.1 Å². The smallest absolute Gasteiger partial charge is 0.244 e. The summed E-state index contributed by atoms with van der Waals surface area (Å²) in [5, 5.41) is 14.3. The number of benzene rings is 1. The zero-order chi connectivity index (χ0) is 15.4. The molecule has 1 aliphatic rings. The third-order valence-electron chi connectivity index (χ3n) is 3.36. The molecule has 2 aromatic rings. The molecule has 22 heavy (non-hydrogen) atoms. The standard InChI is InChI=1S/C15H19N5O2/c1-3-10(2)17-15-19-14(9-16-20-15)18-11-4-5-12-13(8-11)22-7-6-21-12/h4-5,8-10H,3,6-7H2,1-2H3,(H2,17,18,19,20). The zero-order valence-electron chi connectivity index (χ0n) is 12.7. The van der Waals surface area contributed by atoms with E-state index in [9.17, 15) is 0 Å². The van der Waals surface area contributed by atoms with Crippen molar-refractivity contribution in [2.24, 2.45) is 0 Å². The van der Waals surface area contributed by atoms with E-state index in [1.165, 1.54) is 0 Å². The Morgan fingerprint density at radius 1 is 1.23 bits per heavy atom. The molecule has 0 bridgehead atoms. The highest BCUT2D eigenvalue weighted by Crippen LogP contribution is 2.33. The van der Waals surface area contributed by atoms with Crippen LogP contribution in [0.1, 0.15) is 20.3 Å². The van der Waals surface area contributed by atoms with E-state index >= 15 is 0 Å². The number of hydrogen-bond acceptors (Lipinski definition) is 7. The molecule has 1 unspecified atom stereocenters. The van der Waals surface area contributed by atoms with Crippen LogP contribution in [0.2, 0.25) is 0 Å². The molecule has 116 valence electrons. The summed E-state index contributed by atoms with van der Waals surface area (Å²) in [5.74, 6) is 2.63. The maximum Gasteiger partial charge on any atom is 0.244 e. The fourth-order valence-electron chi connectivity index (χ4n) is 2.02. The summed E-state index contributed by atoms with van der Waals surface area (Å²) >= 11 is 0. The number of hydrogen-bond donors (Lipinski definition) is 2. The van der Waals surface area contributed by atoms with Gasteiger partial charge in [0.25, 0.3) is 0 Å². The van der Waals surface area contributed by atoms with Crippen molar-refractivity contribution in [1.82, 2.24) is 15.2 Å². The lowest BCUT2D eigenvalue weighted by atomic mass is 10.2. The first kappa shape index (κ1) is 14.4. The minimum Gasteiger partial charge on any atom is -0.486 e. The summed E-state index contributed by atoms with van der Waals surface area (Å²) < 4.78 is 11.1. The Balaban J connectivity index is 1.74. The van der Waals surface area contributed by atoms with Crippen LogP contribution in [0.3, 0.4) is 0 Å². The summed E-state index contributed by atoms with van der Waals surface area (Å²) in [7, 11) is 0. The fourth-order valence-corrected chi connectivity index (χ4v) is 2.02. The Morgan fingerprint density at radius 2 is 2.05 bits per heavy atom. The van der Waals surface area contributed by atoms with Crippen LogP contribution in [0.25, 0.3) is 0 Å². The van der Waals surface area contributed by atoms with Crippen molar-refractivity contribution in [3.8, 4) is 11.5 Å². The van der Waals surface area contributed by atoms with Crippen LogP contribution in [0.4, 0.5) is 17.5 Å². The fraction of sp³-hybridized carbons (Fsp3) is 0.400. The Morgan fingerprint density at radius 3 is 2.86 bits per heavy atom. The normalized spacial score (nSPS) is 14.3. The molecule has 0 saturated heterocycles. The van der Waals surface area contributed by atoms with Gasteiger partial charge in [-0.3, -0.25) is 0 Å². The van der Waals surface area contributed by atoms with Crippen molar-refractivity contribution in [2.45, 2.75) is 26.3 Å². The third-order valence-corrected chi connectivity index (χ3v) is 3.36. The second-order valence-electron chi connectivity index (χ2n) is 5.10. The van der Waals surface area contributed by atoms with Crippen LogP contribution in [0, 0.1) is 0 Å². The van der Waals surface area contributed by atoms with E-state index in [-0.39, 0.29) is 0 Å². The monoisotopic (exact) mass is 301 g/mol. The van der Waals surface area contributed by atoms with E-state index < -0.39 is 0 Å². The molecule has 1 atom stereocenters. The Hall–Kier alpha value is -2.57. The first-order valence-corrected chi connectivity index (χ1v) is 7.37. The summed E-state index contributed by atoms with van der Waals surface area (Å²) in [5.41, 5.74) is 0.860. The summed E-state index contributed by atoms with van der Waals surface area (Å²) in [4.78, 5) is 4.40. The van der Waals surface area contributed by atoms with E-state index in [0.29, 0.717) is 31.0 Å². The average molecular weight is 301 g/mol. The summed E-state index contributed by atoms with van der Waals surface area (Å²) in [6.07, 6.45) is 2.57. The predicted molar refractivity (Wildman–Crippen MR) is 83.9 cm³/mol. The van der Waals surface area contributed by atoms with Gasteiger partial charge in [0.15, 0.2) is 17.3 Å². The average Bonchev–Trinajstić information content (AvgIpc) is 2.55. The molecule has 0 spiro atoms. The second-order valence-corrected chi connectivity index (χ2v) is 5.10. The van der Waals surface area contributed by atoms with Gasteiger partial charge in [-0.05, 0) is 25.5 Å². The SMILES string of the molecule is CCC(C)Nc1nncc(Nc2ccc3c(c2)OCCO3)n1. The molecule has 7 nitrogen and oxygen atoms in total. The van der Waals surface area contributed by atoms with E-state index in [2.05, 4.69) is 39.7 Å². The van der Waals surface area contributed by atoms with Gasteiger partial charge in [0, 0.05) is 17.8 Å². The van der Waals surface area contributed by atoms with Crippen molar-refractivity contribution in [3.05, 3.63) is 24.4 Å². The van der Waals surface area contributed by atoms with Crippen molar-refractivity contribution in [3.63, 3.8) is 0 Å². The van der Waals surface area contributed by atoms with Crippen LogP contribution in [0.15, 0.2) is 24.4 Å². The minimum atomic E-state index is 0.298. The number of aromatic nitrogens is 3. The first-order chi connectivity index (χ1) is 10.7. The van der Waals surface area contributed by atoms with Crippen molar-refractivity contribution in [2.75, 3.05) is 23.8 Å². The van der Waals surface area contributed by atoms with E-state index in [1.807, 2.05) is 18.2 Å². The second kappa shape index (κ2) is 6.46. The quantitative estimate of drug-likeness (QED) is 0.878. The third kappa shape index (κ3) is 3.36. The van der Waals surface area contributed by atoms with Crippen molar-refractivity contribution >= 4 is 17.5 Å². The van der Waals surface area contributed by atoms with Crippen molar-refractivity contribution in [1.29, 1.82) is 0 Å². The molecule has 1 aromatic carbocycles. The molecule has 2 heterocycles. The first-order valence-electron chi connectivity index (χ1n) is 7.37. The van der Waals surface area contributed by atoms with Crippen LogP contribution in [-0.4, -0.2) is 34.4 Å². The zero-order valence-corrected chi connectivity index (χ0v) is 12.7. The van der Waals surface area contributed by atoms with Gasteiger partial charge in [0.1, 0.15) is 13.2 Å². The highest BCUT2D eigenvalue weighted by Gasteiger charge is 2.12. The molecule has 0 saturated carbocycles. The lowest BCUT2D eigenvalue weighted by Gasteiger charge is -2.19. The van der Waals surface area contributed by atoms with E-state index in [0.717, 1.165) is 23.6 Å². The molecule has 0 fully saturated rings. The Bertz CT molecular complexity index is 650. The maximum atomic E-state index is 5.57. The largest absolute Gasteiger partial charge is 0.486 e. The molecule has 0 amide bonds. The summed E-state index contributed by atoms with van der Waals surface area (Å²) in [6, 6.07) is 5.98. The number of rotatable bonds is 5. The van der Waals surface area contributed by atoms with Crippen molar-refractivity contribution < 1.29 is 9.47 Å². The lowest BCUT2D eigenvalue weighted by Crippen LogP contribution is -2.16. The van der Waals surface area contributed by atoms with Crippen LogP contribution >= 0.6 is 0 Å². The van der Waals surface area contributed by atoms with Gasteiger partial charge in [-0.1, -0.05) is 6.92 Å². The minimum absolute atomic E-state index is 0.298. The molecule has 0 radical (unpaired) electrons. The van der Waals surface area contributed by atoms with E-state index in [4.69, 9.17) is 9.47 Å². The van der Waals surface area contributed by atoms with Crippen LogP contribution in [0.5, 0.6) is 11.5 Å². The number of nitrogens with zero attached hydrogens (tertiary/aromatic N) is 3. The van der Waals surface area contributed by atoms with Gasteiger partial charge in [0.2, 0.25) is 5.95 Å². The molecule has 3 rings (SSSR count). The summed E-state index contributed by atoms with van der Waals surface area (Å²) in [6.45, 7) is 5.32. The van der Waals surface area contributed by atoms with E-state index in [1.54, 1.807) is 6.20 Å². The van der Waals surface area contributed by atoms with Gasteiger partial charge in [-0.2, -0.15) is 10.1 Å². The van der Waals surface area contributed by atoms with Gasteiger partial charge < -0.3 is 20.1 Å². The highest BCUT2D eigenvalue weighted by atomic mass is 16.6. The maximum absolute atomic E-state index is 5.57. The molecule has 7 heteroatoms. The molecule has 1 aromatic heterocycles. The number of ether oxygens (including phenoxy) is 2.